The lowest BCUT2D eigenvalue weighted by atomic mass is 10.1. The number of aromatic hydroxyl groups is 1. The number of hydrogen-bond acceptors (Lipinski definition) is 3. The van der Waals surface area contributed by atoms with Gasteiger partial charge in [-0.15, -0.1) is 0 Å². The Morgan fingerprint density at radius 1 is 1.27 bits per heavy atom. The van der Waals surface area contributed by atoms with Crippen LogP contribution in [0.4, 0.5) is 0 Å². The molecule has 0 spiro atoms. The first-order chi connectivity index (χ1) is 7.08. The minimum Gasteiger partial charge on any atom is -0.507 e. The van der Waals surface area contributed by atoms with Crippen molar-refractivity contribution in [3.63, 3.8) is 0 Å². The summed E-state index contributed by atoms with van der Waals surface area (Å²) < 4.78 is 10.9. The summed E-state index contributed by atoms with van der Waals surface area (Å²) in [5.41, 5.74) is 0.585. The molecule has 0 heterocycles. The maximum absolute atomic E-state index is 9.74. The van der Waals surface area contributed by atoms with Crippen LogP contribution in [0, 0.1) is 0 Å². The third kappa shape index (κ3) is 3.14. The maximum atomic E-state index is 9.74. The van der Waals surface area contributed by atoms with Crippen molar-refractivity contribution in [2.45, 2.75) is 0 Å². The molecule has 82 valence electrons. The number of benzene rings is 1. The van der Waals surface area contributed by atoms with Crippen LogP contribution in [0.15, 0.2) is 15.5 Å². The predicted octanol–water partition coefficient (Wildman–Crippen LogP) is 3.50. The van der Waals surface area contributed by atoms with Gasteiger partial charge in [0.15, 0.2) is 0 Å². The van der Waals surface area contributed by atoms with E-state index in [0.29, 0.717) is 20.5 Å². The normalized spacial score (nSPS) is 9.60. The van der Waals surface area contributed by atoms with Crippen LogP contribution in [0.1, 0.15) is 5.56 Å². The fourth-order valence-corrected chi connectivity index (χ4v) is 1.59. The van der Waals surface area contributed by atoms with Crippen LogP contribution in [0.2, 0.25) is 0 Å². The zero-order valence-corrected chi connectivity index (χ0v) is 11.4. The first-order valence-corrected chi connectivity index (χ1v) is 5.64. The van der Waals surface area contributed by atoms with Gasteiger partial charge in [-0.2, -0.15) is 0 Å². The molecule has 0 aliphatic rings. The van der Waals surface area contributed by atoms with Crippen molar-refractivity contribution in [1.29, 1.82) is 0 Å². The van der Waals surface area contributed by atoms with Crippen molar-refractivity contribution in [2.75, 3.05) is 14.2 Å². The summed E-state index contributed by atoms with van der Waals surface area (Å²) in [5.74, 6) is 1.19. The molecule has 1 aromatic rings. The molecule has 0 atom stereocenters. The van der Waals surface area contributed by atoms with E-state index in [-0.39, 0.29) is 5.75 Å². The second-order valence-electron chi connectivity index (χ2n) is 2.70. The summed E-state index contributed by atoms with van der Waals surface area (Å²) in [5, 5.41) is 9.74. The van der Waals surface area contributed by atoms with Crippen LogP contribution < -0.4 is 9.47 Å². The first-order valence-electron chi connectivity index (χ1n) is 4.06. The second-order valence-corrected chi connectivity index (χ2v) is 5.47. The SMILES string of the molecule is COc1cc(O)c(C=C(Br)Br)c(OC)c1. The van der Waals surface area contributed by atoms with Crippen molar-refractivity contribution in [3.05, 3.63) is 21.1 Å². The zero-order valence-electron chi connectivity index (χ0n) is 8.25. The molecule has 0 aliphatic heterocycles. The molecular weight excluding hydrogens is 328 g/mol. The fraction of sp³-hybridized carbons (Fsp3) is 0.200. The quantitative estimate of drug-likeness (QED) is 0.917. The Hall–Kier alpha value is -0.680. The summed E-state index contributed by atoms with van der Waals surface area (Å²) in [6, 6.07) is 3.23. The van der Waals surface area contributed by atoms with Gasteiger partial charge in [-0.3, -0.25) is 0 Å². The minimum absolute atomic E-state index is 0.0996. The van der Waals surface area contributed by atoms with E-state index in [4.69, 9.17) is 9.47 Å². The highest BCUT2D eigenvalue weighted by atomic mass is 79.9. The number of rotatable bonds is 3. The van der Waals surface area contributed by atoms with Crippen LogP contribution in [-0.4, -0.2) is 19.3 Å². The molecule has 1 N–H and O–H groups in total. The highest BCUT2D eigenvalue weighted by molar-refractivity contribution is 9.28. The molecule has 1 aromatic carbocycles. The number of hydrogen-bond donors (Lipinski definition) is 1. The summed E-state index contributed by atoms with van der Waals surface area (Å²) >= 11 is 6.45. The molecule has 0 unspecified atom stereocenters. The minimum atomic E-state index is 0.0996. The molecule has 0 bridgehead atoms. The Labute approximate surface area is 105 Å². The van der Waals surface area contributed by atoms with E-state index in [0.717, 1.165) is 0 Å². The number of phenols is 1. The summed E-state index contributed by atoms with van der Waals surface area (Å²) in [6.45, 7) is 0. The van der Waals surface area contributed by atoms with Crippen LogP contribution in [0.25, 0.3) is 6.08 Å². The van der Waals surface area contributed by atoms with Gasteiger partial charge in [0.1, 0.15) is 17.2 Å². The van der Waals surface area contributed by atoms with E-state index >= 15 is 0 Å². The Balaban J connectivity index is 3.31. The number of ether oxygens (including phenoxy) is 2. The maximum Gasteiger partial charge on any atom is 0.133 e. The van der Waals surface area contributed by atoms with E-state index < -0.39 is 0 Å². The molecule has 0 radical (unpaired) electrons. The summed E-state index contributed by atoms with van der Waals surface area (Å²) in [6.07, 6.45) is 1.70. The fourth-order valence-electron chi connectivity index (χ4n) is 1.13. The molecule has 0 amide bonds. The van der Waals surface area contributed by atoms with Gasteiger partial charge in [0.05, 0.1) is 23.2 Å². The van der Waals surface area contributed by atoms with Gasteiger partial charge >= 0.3 is 0 Å². The van der Waals surface area contributed by atoms with E-state index in [2.05, 4.69) is 31.9 Å². The molecule has 15 heavy (non-hydrogen) atoms. The van der Waals surface area contributed by atoms with Crippen LogP contribution in [0.3, 0.4) is 0 Å². The van der Waals surface area contributed by atoms with Crippen LogP contribution in [-0.2, 0) is 0 Å². The number of phenolic OH excluding ortho intramolecular Hbond substituents is 1. The smallest absolute Gasteiger partial charge is 0.133 e. The zero-order chi connectivity index (χ0) is 11.4. The monoisotopic (exact) mass is 336 g/mol. The van der Waals surface area contributed by atoms with Crippen LogP contribution in [0.5, 0.6) is 17.2 Å². The average molecular weight is 338 g/mol. The van der Waals surface area contributed by atoms with Gasteiger partial charge in [0.25, 0.3) is 0 Å². The third-order valence-electron chi connectivity index (χ3n) is 1.80. The summed E-state index contributed by atoms with van der Waals surface area (Å²) in [7, 11) is 3.07. The van der Waals surface area contributed by atoms with Gasteiger partial charge in [-0.1, -0.05) is 0 Å². The summed E-state index contributed by atoms with van der Waals surface area (Å²) in [4.78, 5) is 0. The van der Waals surface area contributed by atoms with Crippen molar-refractivity contribution < 1.29 is 14.6 Å². The topological polar surface area (TPSA) is 38.7 Å². The molecule has 5 heteroatoms. The third-order valence-corrected chi connectivity index (χ3v) is 2.26. The highest BCUT2D eigenvalue weighted by Crippen LogP contribution is 2.36. The molecule has 1 rings (SSSR count). The lowest BCUT2D eigenvalue weighted by molar-refractivity contribution is 0.384. The lowest BCUT2D eigenvalue weighted by Crippen LogP contribution is -1.90. The highest BCUT2D eigenvalue weighted by Gasteiger charge is 2.09. The van der Waals surface area contributed by atoms with Gasteiger partial charge in [-0.25, -0.2) is 0 Å². The largest absolute Gasteiger partial charge is 0.507 e. The second kappa shape index (κ2) is 5.42. The van der Waals surface area contributed by atoms with Crippen molar-refractivity contribution >= 4 is 37.9 Å². The Kier molecular flexibility index (Phi) is 4.47. The first kappa shape index (κ1) is 12.4. The Morgan fingerprint density at radius 3 is 2.40 bits per heavy atom. The molecule has 3 nitrogen and oxygen atoms in total. The Morgan fingerprint density at radius 2 is 1.93 bits per heavy atom. The van der Waals surface area contributed by atoms with Crippen molar-refractivity contribution in [1.82, 2.24) is 0 Å². The van der Waals surface area contributed by atoms with Gasteiger partial charge in [-0.05, 0) is 37.9 Å². The number of halogens is 2. The predicted molar refractivity (Wildman–Crippen MR) is 67.0 cm³/mol. The Bertz CT molecular complexity index is 384. The molecule has 0 fully saturated rings. The average Bonchev–Trinajstić information content (AvgIpc) is 2.20. The van der Waals surface area contributed by atoms with E-state index in [1.807, 2.05) is 0 Å². The van der Waals surface area contributed by atoms with Gasteiger partial charge in [0, 0.05) is 12.1 Å². The molecule has 0 aliphatic carbocycles. The standard InChI is InChI=1S/C10H10Br2O3/c1-14-6-3-8(13)7(5-10(11)12)9(4-6)15-2/h3-5,13H,1-2H3. The van der Waals surface area contributed by atoms with Crippen molar-refractivity contribution in [3.8, 4) is 17.2 Å². The van der Waals surface area contributed by atoms with E-state index in [1.54, 1.807) is 12.1 Å². The molecule has 0 saturated carbocycles. The molecule has 0 saturated heterocycles. The lowest BCUT2D eigenvalue weighted by Gasteiger charge is -2.09. The van der Waals surface area contributed by atoms with E-state index in [9.17, 15) is 5.11 Å². The molecule has 0 aromatic heterocycles. The molecular formula is C10H10Br2O3. The van der Waals surface area contributed by atoms with E-state index in [1.165, 1.54) is 20.3 Å². The van der Waals surface area contributed by atoms with Crippen LogP contribution >= 0.6 is 31.9 Å². The van der Waals surface area contributed by atoms with Gasteiger partial charge < -0.3 is 14.6 Å². The van der Waals surface area contributed by atoms with Crippen molar-refractivity contribution in [2.24, 2.45) is 0 Å². The number of methoxy groups -OCH3 is 2. The van der Waals surface area contributed by atoms with Gasteiger partial charge in [0.2, 0.25) is 0 Å².